The highest BCUT2D eigenvalue weighted by atomic mass is 19.1. The van der Waals surface area contributed by atoms with E-state index in [1.165, 1.54) is 23.0 Å². The van der Waals surface area contributed by atoms with Crippen molar-refractivity contribution in [1.29, 1.82) is 0 Å². The summed E-state index contributed by atoms with van der Waals surface area (Å²) in [6, 6.07) is 4.07. The van der Waals surface area contributed by atoms with Crippen molar-refractivity contribution in [1.82, 2.24) is 9.66 Å². The highest BCUT2D eigenvalue weighted by Crippen LogP contribution is 2.15. The molecule has 2 rings (SSSR count). The van der Waals surface area contributed by atoms with Crippen LogP contribution in [-0.4, -0.2) is 27.4 Å². The third kappa shape index (κ3) is 4.38. The lowest BCUT2D eigenvalue weighted by Crippen LogP contribution is -2.24. The van der Waals surface area contributed by atoms with E-state index in [0.29, 0.717) is 5.69 Å². The summed E-state index contributed by atoms with van der Waals surface area (Å²) in [7, 11) is 0. The van der Waals surface area contributed by atoms with Crippen LogP contribution < -0.4 is 5.73 Å². The lowest BCUT2D eigenvalue weighted by Gasteiger charge is -2.19. The summed E-state index contributed by atoms with van der Waals surface area (Å²) in [6.45, 7) is 7.03. The van der Waals surface area contributed by atoms with Gasteiger partial charge in [0.2, 0.25) is 5.95 Å². The molecule has 0 spiro atoms. The van der Waals surface area contributed by atoms with Gasteiger partial charge in [0.15, 0.2) is 0 Å². The summed E-state index contributed by atoms with van der Waals surface area (Å²) in [5.74, 6) is -0.939. The largest absolute Gasteiger partial charge is 0.456 e. The first-order valence-electron chi connectivity index (χ1n) is 7.04. The molecule has 0 saturated heterocycles. The first kappa shape index (κ1) is 16.7. The van der Waals surface area contributed by atoms with Crippen LogP contribution in [0.3, 0.4) is 0 Å². The first-order valence-corrected chi connectivity index (χ1v) is 7.04. The van der Waals surface area contributed by atoms with E-state index in [9.17, 15) is 9.18 Å². The van der Waals surface area contributed by atoms with Crippen molar-refractivity contribution in [2.75, 3.05) is 5.73 Å². The molecule has 0 radical (unpaired) electrons. The summed E-state index contributed by atoms with van der Waals surface area (Å²) in [5.41, 5.74) is 6.09. The molecule has 2 aromatic rings. The topological polar surface area (TPSA) is 82.5 Å². The van der Waals surface area contributed by atoms with Gasteiger partial charge in [-0.2, -0.15) is 5.10 Å². The third-order valence-corrected chi connectivity index (χ3v) is 2.79. The van der Waals surface area contributed by atoms with Crippen molar-refractivity contribution in [2.24, 2.45) is 5.10 Å². The maximum absolute atomic E-state index is 14.1. The number of benzene rings is 1. The Hall–Kier alpha value is -2.70. The van der Waals surface area contributed by atoms with Crippen molar-refractivity contribution in [3.05, 3.63) is 47.0 Å². The molecule has 2 N–H and O–H groups in total. The molecule has 23 heavy (non-hydrogen) atoms. The van der Waals surface area contributed by atoms with Gasteiger partial charge in [-0.3, -0.25) is 0 Å². The Morgan fingerprint density at radius 1 is 1.43 bits per heavy atom. The van der Waals surface area contributed by atoms with Gasteiger partial charge in [0.25, 0.3) is 0 Å². The first-order chi connectivity index (χ1) is 10.7. The molecule has 0 aliphatic carbocycles. The molecule has 0 fully saturated rings. The van der Waals surface area contributed by atoms with Gasteiger partial charge in [-0.25, -0.2) is 18.8 Å². The van der Waals surface area contributed by atoms with Crippen LogP contribution in [0.2, 0.25) is 0 Å². The zero-order valence-corrected chi connectivity index (χ0v) is 13.5. The van der Waals surface area contributed by atoms with Crippen molar-refractivity contribution < 1.29 is 13.9 Å². The van der Waals surface area contributed by atoms with Crippen LogP contribution in [0.4, 0.5) is 10.3 Å². The predicted octanol–water partition coefficient (Wildman–Crippen LogP) is 2.75. The van der Waals surface area contributed by atoms with Gasteiger partial charge < -0.3 is 10.5 Å². The maximum Gasteiger partial charge on any atom is 0.338 e. The highest BCUT2D eigenvalue weighted by molar-refractivity contribution is 5.91. The zero-order valence-electron chi connectivity index (χ0n) is 13.5. The third-order valence-electron chi connectivity index (χ3n) is 2.79. The number of carbonyl (C=O) groups excluding carboxylic acids is 1. The summed E-state index contributed by atoms with van der Waals surface area (Å²) in [5, 5.41) is 4.04. The maximum atomic E-state index is 14.1. The second-order valence-electron chi connectivity index (χ2n) is 6.07. The van der Waals surface area contributed by atoms with E-state index in [1.54, 1.807) is 33.9 Å². The molecule has 7 heteroatoms. The van der Waals surface area contributed by atoms with E-state index in [1.807, 2.05) is 0 Å². The second kappa shape index (κ2) is 6.20. The SMILES string of the molecule is Cc1cn(N=Cc2ccc(C(=O)OC(C)(C)C)cc2F)c(N)n1. The summed E-state index contributed by atoms with van der Waals surface area (Å²) in [6.07, 6.45) is 2.94. The number of carbonyl (C=O) groups is 1. The minimum atomic E-state index is -0.634. The molecule has 0 unspecified atom stereocenters. The molecule has 0 aliphatic heterocycles. The number of aromatic nitrogens is 2. The molecular formula is C16H19FN4O2. The molecule has 0 aliphatic rings. The molecule has 6 nitrogen and oxygen atoms in total. The molecule has 0 atom stereocenters. The van der Waals surface area contributed by atoms with Crippen LogP contribution in [0, 0.1) is 12.7 Å². The average Bonchev–Trinajstić information content (AvgIpc) is 2.73. The number of nitrogens with two attached hydrogens (primary N) is 1. The molecule has 0 amide bonds. The lowest BCUT2D eigenvalue weighted by molar-refractivity contribution is 0.00690. The normalized spacial score (nSPS) is 11.9. The van der Waals surface area contributed by atoms with Crippen LogP contribution in [0.5, 0.6) is 0 Å². The Morgan fingerprint density at radius 3 is 2.65 bits per heavy atom. The molecule has 1 aromatic heterocycles. The monoisotopic (exact) mass is 318 g/mol. The molecule has 0 bridgehead atoms. The van der Waals surface area contributed by atoms with Gasteiger partial charge in [0.05, 0.1) is 23.7 Å². The Kier molecular flexibility index (Phi) is 4.49. The fourth-order valence-electron chi connectivity index (χ4n) is 1.82. The molecule has 1 aromatic carbocycles. The van der Waals surface area contributed by atoms with Gasteiger partial charge >= 0.3 is 5.97 Å². The fraction of sp³-hybridized carbons (Fsp3) is 0.312. The van der Waals surface area contributed by atoms with Gasteiger partial charge in [-0.15, -0.1) is 0 Å². The number of hydrogen-bond acceptors (Lipinski definition) is 5. The van der Waals surface area contributed by atoms with Gasteiger partial charge in [-0.1, -0.05) is 0 Å². The van der Waals surface area contributed by atoms with Crippen molar-refractivity contribution in [3.8, 4) is 0 Å². The fourth-order valence-corrected chi connectivity index (χ4v) is 1.82. The quantitative estimate of drug-likeness (QED) is 0.697. The van der Waals surface area contributed by atoms with Crippen LogP contribution in [-0.2, 0) is 4.74 Å². The minimum Gasteiger partial charge on any atom is -0.456 e. The van der Waals surface area contributed by atoms with E-state index < -0.39 is 17.4 Å². The van der Waals surface area contributed by atoms with Crippen LogP contribution in [0.1, 0.15) is 42.4 Å². The predicted molar refractivity (Wildman–Crippen MR) is 85.9 cm³/mol. The molecule has 1 heterocycles. The van der Waals surface area contributed by atoms with Gasteiger partial charge in [-0.05, 0) is 45.9 Å². The smallest absolute Gasteiger partial charge is 0.338 e. The molecule has 0 saturated carbocycles. The molecular weight excluding hydrogens is 299 g/mol. The molecule has 122 valence electrons. The standard InChI is InChI=1S/C16H19FN4O2/c1-10-9-21(15(18)20-10)19-8-12-6-5-11(7-13(12)17)14(22)23-16(2,3)4/h5-9H,1-4H3,(H2,18,20). The Balaban J connectivity index is 2.19. The summed E-state index contributed by atoms with van der Waals surface area (Å²) in [4.78, 5) is 15.9. The van der Waals surface area contributed by atoms with Crippen molar-refractivity contribution in [3.63, 3.8) is 0 Å². The van der Waals surface area contributed by atoms with Crippen LogP contribution in [0.25, 0.3) is 0 Å². The number of rotatable bonds is 3. The number of anilines is 1. The van der Waals surface area contributed by atoms with Crippen molar-refractivity contribution in [2.45, 2.75) is 33.3 Å². The van der Waals surface area contributed by atoms with E-state index in [-0.39, 0.29) is 17.1 Å². The van der Waals surface area contributed by atoms with Crippen molar-refractivity contribution >= 4 is 18.1 Å². The number of halogens is 1. The Bertz CT molecular complexity index is 760. The highest BCUT2D eigenvalue weighted by Gasteiger charge is 2.18. The number of hydrogen-bond donors (Lipinski definition) is 1. The number of esters is 1. The number of aryl methyl sites for hydroxylation is 1. The minimum absolute atomic E-state index is 0.146. The average molecular weight is 318 g/mol. The number of nitrogens with zero attached hydrogens (tertiary/aromatic N) is 3. The zero-order chi connectivity index (χ0) is 17.2. The number of ether oxygens (including phenoxy) is 1. The second-order valence-corrected chi connectivity index (χ2v) is 6.07. The van der Waals surface area contributed by atoms with Crippen LogP contribution in [0.15, 0.2) is 29.5 Å². The van der Waals surface area contributed by atoms with E-state index in [0.717, 1.165) is 6.07 Å². The van der Waals surface area contributed by atoms with E-state index in [2.05, 4.69) is 10.1 Å². The van der Waals surface area contributed by atoms with Crippen LogP contribution >= 0.6 is 0 Å². The summed E-state index contributed by atoms with van der Waals surface area (Å²) < 4.78 is 20.6. The number of nitrogen functional groups attached to an aromatic ring is 1. The summed E-state index contributed by atoms with van der Waals surface area (Å²) >= 11 is 0. The van der Waals surface area contributed by atoms with E-state index in [4.69, 9.17) is 10.5 Å². The number of imidazole rings is 1. The van der Waals surface area contributed by atoms with Gasteiger partial charge in [0.1, 0.15) is 11.4 Å². The lowest BCUT2D eigenvalue weighted by atomic mass is 10.1. The Morgan fingerprint density at radius 2 is 2.13 bits per heavy atom. The van der Waals surface area contributed by atoms with Gasteiger partial charge in [0, 0.05) is 5.56 Å². The Labute approximate surface area is 133 Å². The van der Waals surface area contributed by atoms with E-state index >= 15 is 0 Å².